The molecule has 0 aliphatic carbocycles. The van der Waals surface area contributed by atoms with Crippen molar-refractivity contribution in [3.8, 4) is 0 Å². The molecule has 0 saturated carbocycles. The van der Waals surface area contributed by atoms with Crippen molar-refractivity contribution in [2.24, 2.45) is 0 Å². The summed E-state index contributed by atoms with van der Waals surface area (Å²) in [6.45, 7) is 0.953. The Bertz CT molecular complexity index is 616. The zero-order valence-electron chi connectivity index (χ0n) is 11.1. The largest absolute Gasteiger partial charge is 0.352 e. The van der Waals surface area contributed by atoms with E-state index in [0.29, 0.717) is 30.1 Å². The van der Waals surface area contributed by atoms with Gasteiger partial charge in [-0.1, -0.05) is 17.7 Å². The van der Waals surface area contributed by atoms with Crippen molar-refractivity contribution in [2.75, 3.05) is 12.8 Å². The van der Waals surface area contributed by atoms with Crippen LogP contribution >= 0.6 is 11.6 Å². The number of amides is 1. The molecule has 2 N–H and O–H groups in total. The molecule has 0 spiro atoms. The molecule has 110 valence electrons. The second-order valence-corrected chi connectivity index (χ2v) is 7.31. The second kappa shape index (κ2) is 6.11. The fourth-order valence-corrected chi connectivity index (χ4v) is 3.51. The van der Waals surface area contributed by atoms with Gasteiger partial charge in [-0.3, -0.25) is 4.79 Å². The number of nitrogens with one attached hydrogen (secondary N) is 2. The molecule has 1 amide bonds. The van der Waals surface area contributed by atoms with Gasteiger partial charge in [-0.05, 0) is 18.6 Å². The Hall–Kier alpha value is -1.11. The van der Waals surface area contributed by atoms with Crippen molar-refractivity contribution in [3.05, 3.63) is 28.8 Å². The molecule has 1 saturated heterocycles. The Balaban J connectivity index is 2.04. The summed E-state index contributed by atoms with van der Waals surface area (Å²) < 4.78 is 23.4. The number of benzene rings is 1. The Kier molecular flexibility index (Phi) is 4.67. The van der Waals surface area contributed by atoms with Crippen LogP contribution in [-0.2, 0) is 21.2 Å². The van der Waals surface area contributed by atoms with Gasteiger partial charge in [0.1, 0.15) is 0 Å². The van der Waals surface area contributed by atoms with Crippen LogP contribution in [0, 0.1) is 0 Å². The molecule has 1 unspecified atom stereocenters. The van der Waals surface area contributed by atoms with Crippen LogP contribution in [0.5, 0.6) is 0 Å². The zero-order valence-corrected chi connectivity index (χ0v) is 12.7. The molecular weight excluding hydrogens is 300 g/mol. The van der Waals surface area contributed by atoms with Crippen LogP contribution < -0.4 is 10.6 Å². The predicted octanol–water partition coefficient (Wildman–Crippen LogP) is 1.11. The Morgan fingerprint density at radius 2 is 2.20 bits per heavy atom. The summed E-state index contributed by atoms with van der Waals surface area (Å²) in [7, 11) is -3.31. The number of hydrogen-bond acceptors (Lipinski definition) is 4. The van der Waals surface area contributed by atoms with Gasteiger partial charge in [0, 0.05) is 42.4 Å². The fourth-order valence-electron chi connectivity index (χ4n) is 2.26. The summed E-state index contributed by atoms with van der Waals surface area (Å²) in [5, 5.41) is 6.43. The monoisotopic (exact) mass is 316 g/mol. The number of rotatable bonds is 5. The van der Waals surface area contributed by atoms with Gasteiger partial charge in [-0.25, -0.2) is 8.42 Å². The third kappa shape index (κ3) is 3.71. The van der Waals surface area contributed by atoms with Crippen LogP contribution in [0.25, 0.3) is 0 Å². The van der Waals surface area contributed by atoms with Crippen molar-refractivity contribution in [3.63, 3.8) is 0 Å². The van der Waals surface area contributed by atoms with Crippen molar-refractivity contribution in [2.45, 2.75) is 30.3 Å². The maximum atomic E-state index is 11.7. The molecule has 0 radical (unpaired) electrons. The molecule has 20 heavy (non-hydrogen) atoms. The average Bonchev–Trinajstić information content (AvgIpc) is 2.76. The molecule has 1 aliphatic heterocycles. The normalized spacial score (nSPS) is 19.1. The van der Waals surface area contributed by atoms with Crippen LogP contribution in [0.4, 0.5) is 0 Å². The lowest BCUT2D eigenvalue weighted by atomic mass is 10.2. The molecular formula is C13H17ClN2O3S. The van der Waals surface area contributed by atoms with Gasteiger partial charge in [0.25, 0.3) is 0 Å². The minimum Gasteiger partial charge on any atom is -0.352 e. The van der Waals surface area contributed by atoms with Crippen molar-refractivity contribution in [1.29, 1.82) is 0 Å². The number of carbonyl (C=O) groups excluding carboxylic acids is 1. The molecule has 1 aromatic rings. The third-order valence-corrected chi connectivity index (χ3v) is 4.79. The number of sulfone groups is 1. The highest BCUT2D eigenvalue weighted by Gasteiger charge is 2.21. The summed E-state index contributed by atoms with van der Waals surface area (Å²) in [5.74, 6) is 0.0615. The molecule has 1 fully saturated rings. The Labute approximate surface area is 123 Å². The van der Waals surface area contributed by atoms with E-state index in [4.69, 9.17) is 11.6 Å². The first-order chi connectivity index (χ1) is 9.38. The van der Waals surface area contributed by atoms with Gasteiger partial charge < -0.3 is 10.6 Å². The molecule has 1 heterocycles. The minimum absolute atomic E-state index is 0.0615. The van der Waals surface area contributed by atoms with E-state index in [1.165, 1.54) is 6.26 Å². The first-order valence-corrected chi connectivity index (χ1v) is 8.62. The first-order valence-electron chi connectivity index (χ1n) is 6.35. The van der Waals surface area contributed by atoms with Gasteiger partial charge in [-0.2, -0.15) is 0 Å². The minimum atomic E-state index is -3.31. The molecule has 1 atom stereocenters. The zero-order chi connectivity index (χ0) is 14.8. The standard InChI is InChI=1S/C13H17ClN2O3S/c1-20(18,19)12-4-2-3-11(14)10(12)8-15-7-9-5-6-13(17)16-9/h2-4,9,15H,5-8H2,1H3,(H,16,17). The van der Waals surface area contributed by atoms with E-state index in [1.54, 1.807) is 18.2 Å². The van der Waals surface area contributed by atoms with Gasteiger partial charge >= 0.3 is 0 Å². The Morgan fingerprint density at radius 3 is 2.80 bits per heavy atom. The highest BCUT2D eigenvalue weighted by molar-refractivity contribution is 7.90. The number of carbonyl (C=O) groups is 1. The van der Waals surface area contributed by atoms with E-state index in [0.717, 1.165) is 6.42 Å². The second-order valence-electron chi connectivity index (χ2n) is 4.92. The molecule has 2 rings (SSSR count). The SMILES string of the molecule is CS(=O)(=O)c1cccc(Cl)c1CNCC1CCC(=O)N1. The first kappa shape index (κ1) is 15.3. The molecule has 7 heteroatoms. The maximum Gasteiger partial charge on any atom is 0.220 e. The van der Waals surface area contributed by atoms with E-state index < -0.39 is 9.84 Å². The molecule has 1 aromatic carbocycles. The lowest BCUT2D eigenvalue weighted by molar-refractivity contribution is -0.119. The van der Waals surface area contributed by atoms with Crippen molar-refractivity contribution in [1.82, 2.24) is 10.6 Å². The molecule has 0 aromatic heterocycles. The van der Waals surface area contributed by atoms with E-state index in [9.17, 15) is 13.2 Å². The van der Waals surface area contributed by atoms with Crippen LogP contribution in [0.3, 0.4) is 0 Å². The summed E-state index contributed by atoms with van der Waals surface area (Å²) >= 11 is 6.08. The van der Waals surface area contributed by atoms with Gasteiger partial charge in [0.2, 0.25) is 5.91 Å². The van der Waals surface area contributed by atoms with Gasteiger partial charge in [0.05, 0.1) is 4.90 Å². The fraction of sp³-hybridized carbons (Fsp3) is 0.462. The highest BCUT2D eigenvalue weighted by Crippen LogP contribution is 2.23. The van der Waals surface area contributed by atoms with Gasteiger partial charge in [-0.15, -0.1) is 0 Å². The smallest absolute Gasteiger partial charge is 0.220 e. The summed E-state index contributed by atoms with van der Waals surface area (Å²) in [6.07, 6.45) is 2.51. The van der Waals surface area contributed by atoms with Crippen molar-refractivity contribution >= 4 is 27.3 Å². The molecule has 5 nitrogen and oxygen atoms in total. The van der Waals surface area contributed by atoms with Gasteiger partial charge in [0.15, 0.2) is 9.84 Å². The number of halogens is 1. The maximum absolute atomic E-state index is 11.7. The van der Waals surface area contributed by atoms with E-state index >= 15 is 0 Å². The summed E-state index contributed by atoms with van der Waals surface area (Å²) in [6, 6.07) is 4.95. The molecule has 0 bridgehead atoms. The lowest BCUT2D eigenvalue weighted by Crippen LogP contribution is -2.35. The predicted molar refractivity (Wildman–Crippen MR) is 77.4 cm³/mol. The highest BCUT2D eigenvalue weighted by atomic mass is 35.5. The van der Waals surface area contributed by atoms with E-state index in [-0.39, 0.29) is 16.8 Å². The summed E-state index contributed by atoms with van der Waals surface area (Å²) in [4.78, 5) is 11.3. The van der Waals surface area contributed by atoms with E-state index in [1.807, 2.05) is 0 Å². The van der Waals surface area contributed by atoms with Crippen LogP contribution in [-0.4, -0.2) is 33.2 Å². The van der Waals surface area contributed by atoms with Crippen LogP contribution in [0.1, 0.15) is 18.4 Å². The Morgan fingerprint density at radius 1 is 1.45 bits per heavy atom. The third-order valence-electron chi connectivity index (χ3n) is 3.25. The van der Waals surface area contributed by atoms with Crippen LogP contribution in [0.15, 0.2) is 23.1 Å². The molecule has 1 aliphatic rings. The van der Waals surface area contributed by atoms with E-state index in [2.05, 4.69) is 10.6 Å². The lowest BCUT2D eigenvalue weighted by Gasteiger charge is -2.14. The summed E-state index contributed by atoms with van der Waals surface area (Å²) in [5.41, 5.74) is 0.570. The van der Waals surface area contributed by atoms with Crippen LogP contribution in [0.2, 0.25) is 5.02 Å². The average molecular weight is 317 g/mol. The number of hydrogen-bond donors (Lipinski definition) is 2. The quantitative estimate of drug-likeness (QED) is 0.853. The topological polar surface area (TPSA) is 75.3 Å². The van der Waals surface area contributed by atoms with Crippen molar-refractivity contribution < 1.29 is 13.2 Å².